The molecule has 0 saturated heterocycles. The van der Waals surface area contributed by atoms with Crippen molar-refractivity contribution < 1.29 is 15.1 Å². The van der Waals surface area contributed by atoms with Crippen LogP contribution in [0.15, 0.2) is 5.16 Å². The van der Waals surface area contributed by atoms with Gasteiger partial charge in [0.1, 0.15) is 6.54 Å². The van der Waals surface area contributed by atoms with E-state index in [-0.39, 0.29) is 12.5 Å². The van der Waals surface area contributed by atoms with Crippen molar-refractivity contribution in [2.24, 2.45) is 10.9 Å². The number of carboxylic acid groups (broad SMARTS) is 1. The Kier molecular flexibility index (Phi) is 2.96. The maximum Gasteiger partial charge on any atom is 0.322 e. The minimum absolute atomic E-state index is 0.308. The minimum atomic E-state index is -1.07. The Labute approximate surface area is 51.0 Å². The number of oxime groups is 1. The molecule has 52 valence electrons. The van der Waals surface area contributed by atoms with E-state index in [0.717, 1.165) is 0 Å². The zero-order valence-electron chi connectivity index (χ0n) is 4.53. The van der Waals surface area contributed by atoms with Crippen molar-refractivity contribution in [3.63, 3.8) is 0 Å². The van der Waals surface area contributed by atoms with E-state index in [0.29, 0.717) is 0 Å². The summed E-state index contributed by atoms with van der Waals surface area (Å²) in [5.74, 6) is -1.38. The van der Waals surface area contributed by atoms with E-state index in [2.05, 4.69) is 10.5 Å². The smallest absolute Gasteiger partial charge is 0.322 e. The van der Waals surface area contributed by atoms with Crippen LogP contribution in [0.25, 0.3) is 0 Å². The summed E-state index contributed by atoms with van der Waals surface area (Å²) in [6, 6.07) is 0. The Hall–Kier alpha value is -1.46. The number of rotatable bonds is 2. The van der Waals surface area contributed by atoms with Gasteiger partial charge in [0.2, 0.25) is 5.96 Å². The first kappa shape index (κ1) is 7.54. The SMILES string of the molecule is N/C(=N\O)NCC(=O)O. The van der Waals surface area contributed by atoms with Crippen molar-refractivity contribution in [1.29, 1.82) is 0 Å². The van der Waals surface area contributed by atoms with Crippen molar-refractivity contribution in [2.75, 3.05) is 6.54 Å². The molecule has 0 aromatic heterocycles. The molecule has 0 heterocycles. The normalized spacial score (nSPS) is 10.9. The fourth-order valence-corrected chi connectivity index (χ4v) is 0.202. The second-order valence-electron chi connectivity index (χ2n) is 1.23. The molecule has 9 heavy (non-hydrogen) atoms. The summed E-state index contributed by atoms with van der Waals surface area (Å²) in [7, 11) is 0. The maximum absolute atomic E-state index is 9.76. The molecule has 0 atom stereocenters. The fraction of sp³-hybridized carbons (Fsp3) is 0.333. The predicted molar refractivity (Wildman–Crippen MR) is 29.0 cm³/mol. The second-order valence-corrected chi connectivity index (χ2v) is 1.23. The van der Waals surface area contributed by atoms with Gasteiger partial charge in [0.25, 0.3) is 0 Å². The summed E-state index contributed by atoms with van der Waals surface area (Å²) >= 11 is 0. The van der Waals surface area contributed by atoms with Gasteiger partial charge in [-0.25, -0.2) is 0 Å². The van der Waals surface area contributed by atoms with Crippen LogP contribution in [0.3, 0.4) is 0 Å². The highest BCUT2D eigenvalue weighted by Gasteiger charge is 1.95. The molecule has 0 aliphatic carbocycles. The molecule has 6 heteroatoms. The Morgan fingerprint density at radius 1 is 1.78 bits per heavy atom. The van der Waals surface area contributed by atoms with Crippen molar-refractivity contribution in [1.82, 2.24) is 5.32 Å². The van der Waals surface area contributed by atoms with Gasteiger partial charge in [0, 0.05) is 0 Å². The van der Waals surface area contributed by atoms with Crippen molar-refractivity contribution in [3.05, 3.63) is 0 Å². The van der Waals surface area contributed by atoms with Gasteiger partial charge in [-0.2, -0.15) is 0 Å². The third-order valence-corrected chi connectivity index (χ3v) is 0.528. The topological polar surface area (TPSA) is 108 Å². The Morgan fingerprint density at radius 3 is 2.67 bits per heavy atom. The summed E-state index contributed by atoms with van der Waals surface area (Å²) in [6.45, 7) is -0.351. The van der Waals surface area contributed by atoms with Crippen LogP contribution in [0.4, 0.5) is 0 Å². The van der Waals surface area contributed by atoms with Crippen LogP contribution in [0.2, 0.25) is 0 Å². The van der Waals surface area contributed by atoms with E-state index >= 15 is 0 Å². The summed E-state index contributed by atoms with van der Waals surface area (Å²) in [5, 5.41) is 20.4. The van der Waals surface area contributed by atoms with Crippen LogP contribution in [0, 0.1) is 0 Å². The van der Waals surface area contributed by atoms with Crippen LogP contribution >= 0.6 is 0 Å². The van der Waals surface area contributed by atoms with E-state index in [1.165, 1.54) is 0 Å². The summed E-state index contributed by atoms with van der Waals surface area (Å²) in [6.07, 6.45) is 0. The first-order valence-electron chi connectivity index (χ1n) is 2.10. The lowest BCUT2D eigenvalue weighted by Crippen LogP contribution is -2.35. The molecular formula is C3H7N3O3. The summed E-state index contributed by atoms with van der Waals surface area (Å²) in [4.78, 5) is 9.76. The molecule has 0 aromatic rings. The average molecular weight is 133 g/mol. The van der Waals surface area contributed by atoms with Crippen molar-refractivity contribution in [3.8, 4) is 0 Å². The standard InChI is InChI=1S/C3H7N3O3/c4-3(6-9)5-1-2(7)8/h9H,1H2,(H,7,8)(H3,4,5,6). The lowest BCUT2D eigenvalue weighted by molar-refractivity contribution is -0.135. The molecule has 0 aliphatic heterocycles. The van der Waals surface area contributed by atoms with E-state index in [4.69, 9.17) is 16.0 Å². The molecule has 0 radical (unpaired) electrons. The molecule has 0 unspecified atom stereocenters. The highest BCUT2D eigenvalue weighted by molar-refractivity contribution is 5.81. The number of carboxylic acids is 1. The number of hydrogen-bond donors (Lipinski definition) is 4. The quantitative estimate of drug-likeness (QED) is 0.156. The van der Waals surface area contributed by atoms with Crippen molar-refractivity contribution >= 4 is 11.9 Å². The monoisotopic (exact) mass is 133 g/mol. The maximum atomic E-state index is 9.76. The lowest BCUT2D eigenvalue weighted by atomic mass is 10.6. The van der Waals surface area contributed by atoms with Gasteiger partial charge < -0.3 is 21.4 Å². The van der Waals surface area contributed by atoms with Gasteiger partial charge in [0.15, 0.2) is 0 Å². The number of carbonyl (C=O) groups is 1. The van der Waals surface area contributed by atoms with E-state index in [1.54, 1.807) is 0 Å². The molecule has 0 spiro atoms. The van der Waals surface area contributed by atoms with E-state index in [1.807, 2.05) is 0 Å². The Morgan fingerprint density at radius 2 is 2.33 bits per heavy atom. The minimum Gasteiger partial charge on any atom is -0.480 e. The third kappa shape index (κ3) is 4.39. The zero-order chi connectivity index (χ0) is 7.28. The number of nitrogens with zero attached hydrogens (tertiary/aromatic N) is 1. The average Bonchev–Trinajstić information content (AvgIpc) is 1.83. The molecule has 5 N–H and O–H groups in total. The first-order chi connectivity index (χ1) is 4.16. The summed E-state index contributed by atoms with van der Waals surface area (Å²) in [5.41, 5.74) is 4.85. The van der Waals surface area contributed by atoms with Crippen LogP contribution in [-0.2, 0) is 4.79 Å². The fourth-order valence-electron chi connectivity index (χ4n) is 0.202. The molecule has 6 nitrogen and oxygen atoms in total. The van der Waals surface area contributed by atoms with Gasteiger partial charge in [-0.3, -0.25) is 4.79 Å². The van der Waals surface area contributed by atoms with Crippen LogP contribution in [0.1, 0.15) is 0 Å². The molecule has 0 amide bonds. The predicted octanol–water partition coefficient (Wildman–Crippen LogP) is -1.64. The van der Waals surface area contributed by atoms with Crippen molar-refractivity contribution in [2.45, 2.75) is 0 Å². The molecule has 0 fully saturated rings. The molecule has 0 aliphatic rings. The third-order valence-electron chi connectivity index (χ3n) is 0.528. The molecule has 0 aromatic carbocycles. The van der Waals surface area contributed by atoms with Gasteiger partial charge in [-0.15, -0.1) is 0 Å². The van der Waals surface area contributed by atoms with Gasteiger partial charge in [-0.1, -0.05) is 5.16 Å². The molecule has 0 rings (SSSR count). The van der Waals surface area contributed by atoms with Crippen LogP contribution < -0.4 is 11.1 Å². The number of nitrogens with one attached hydrogen (secondary N) is 1. The van der Waals surface area contributed by atoms with Crippen LogP contribution in [-0.4, -0.2) is 28.8 Å². The van der Waals surface area contributed by atoms with Crippen LogP contribution in [0.5, 0.6) is 0 Å². The Balaban J connectivity index is 3.39. The Bertz CT molecular complexity index is 132. The molecule has 0 saturated carbocycles. The molecular weight excluding hydrogens is 126 g/mol. The van der Waals surface area contributed by atoms with E-state index in [9.17, 15) is 4.79 Å². The zero-order valence-corrected chi connectivity index (χ0v) is 4.53. The largest absolute Gasteiger partial charge is 0.480 e. The van der Waals surface area contributed by atoms with Gasteiger partial charge in [-0.05, 0) is 0 Å². The van der Waals surface area contributed by atoms with Gasteiger partial charge >= 0.3 is 5.97 Å². The van der Waals surface area contributed by atoms with Gasteiger partial charge in [0.05, 0.1) is 0 Å². The molecule has 0 bridgehead atoms. The highest BCUT2D eigenvalue weighted by Crippen LogP contribution is 1.59. The first-order valence-corrected chi connectivity index (χ1v) is 2.10. The second kappa shape index (κ2) is 3.53. The lowest BCUT2D eigenvalue weighted by Gasteiger charge is -1.96. The number of guanidine groups is 1. The number of aliphatic carboxylic acids is 1. The highest BCUT2D eigenvalue weighted by atomic mass is 16.4. The summed E-state index contributed by atoms with van der Waals surface area (Å²) < 4.78 is 0. The number of hydrogen-bond acceptors (Lipinski definition) is 3. The van der Waals surface area contributed by atoms with E-state index < -0.39 is 5.97 Å². The number of nitrogens with two attached hydrogens (primary N) is 1.